The highest BCUT2D eigenvalue weighted by molar-refractivity contribution is 5.81. The Morgan fingerprint density at radius 2 is 1.78 bits per heavy atom. The number of benzene rings is 2. The highest BCUT2D eigenvalue weighted by Gasteiger charge is 2.30. The molecule has 6 rings (SSSR count). The maximum atomic E-state index is 15.4. The van der Waals surface area contributed by atoms with Gasteiger partial charge in [-0.05, 0) is 49.2 Å². The number of aromatic nitrogens is 6. The summed E-state index contributed by atoms with van der Waals surface area (Å²) in [5.74, 6) is -0.602. The van der Waals surface area contributed by atoms with Crippen molar-refractivity contribution in [1.29, 1.82) is 0 Å². The average molecular weight is 493 g/mol. The van der Waals surface area contributed by atoms with Crippen molar-refractivity contribution >= 4 is 10.9 Å². The Morgan fingerprint density at radius 1 is 1.06 bits per heavy atom. The third-order valence-electron chi connectivity index (χ3n) is 6.69. The van der Waals surface area contributed by atoms with Gasteiger partial charge >= 0.3 is 5.69 Å². The van der Waals surface area contributed by atoms with Crippen LogP contribution >= 0.6 is 0 Å². The van der Waals surface area contributed by atoms with E-state index < -0.39 is 17.7 Å². The molecule has 4 heterocycles. The molecule has 5 aromatic rings. The molecule has 0 unspecified atom stereocenters. The summed E-state index contributed by atoms with van der Waals surface area (Å²) in [6, 6.07) is 6.41. The molecular weight excluding hydrogens is 471 g/mol. The van der Waals surface area contributed by atoms with E-state index in [2.05, 4.69) is 15.5 Å². The predicted octanol–water partition coefficient (Wildman–Crippen LogP) is 3.71. The number of imidazole rings is 1. The number of rotatable bonds is 3. The first-order chi connectivity index (χ1) is 17.3. The molecule has 0 fully saturated rings. The van der Waals surface area contributed by atoms with E-state index in [1.165, 1.54) is 38.5 Å². The predicted molar refractivity (Wildman–Crippen MR) is 128 cm³/mol. The fourth-order valence-electron chi connectivity index (χ4n) is 4.86. The lowest BCUT2D eigenvalue weighted by Gasteiger charge is -2.16. The normalized spacial score (nSPS) is 15.6. The van der Waals surface area contributed by atoms with E-state index in [0.717, 1.165) is 0 Å². The smallest absolute Gasteiger partial charge is 0.309 e. The van der Waals surface area contributed by atoms with E-state index >= 15 is 4.39 Å². The van der Waals surface area contributed by atoms with Crippen LogP contribution in [0.25, 0.3) is 28.1 Å². The van der Waals surface area contributed by atoms with Crippen LogP contribution in [0.15, 0.2) is 47.7 Å². The molecule has 1 N–H and O–H groups in total. The lowest BCUT2D eigenvalue weighted by molar-refractivity contribution is 0.303. The Hall–Kier alpha value is -4.12. The van der Waals surface area contributed by atoms with Crippen LogP contribution in [0.3, 0.4) is 0 Å². The van der Waals surface area contributed by atoms with Gasteiger partial charge in [-0.3, -0.25) is 13.8 Å². The topological polar surface area (TPSA) is 74.6 Å². The van der Waals surface area contributed by atoms with Gasteiger partial charge in [-0.25, -0.2) is 22.6 Å². The monoisotopic (exact) mass is 493 g/mol. The molecule has 0 aliphatic carbocycles. The number of halogens is 3. The molecule has 0 amide bonds. The molecule has 0 saturated carbocycles. The standard InChI is InChI=1S/C25H22F3N7O/c1-13-8-15(9-14(2)21(13)27)35-24(17-10-29-12-18(26)23(17)31-35)34-7-6-33(25(34)36)20-5-4-19-16(22(20)28)11-30-32(19)3/h4-9,11,18,29H,10,12H2,1-3H3/t18-/m0/s1. The molecule has 8 nitrogen and oxygen atoms in total. The van der Waals surface area contributed by atoms with Crippen molar-refractivity contribution in [2.24, 2.45) is 7.05 Å². The van der Waals surface area contributed by atoms with Crippen molar-refractivity contribution in [2.45, 2.75) is 26.6 Å². The number of alkyl halides is 1. The second kappa shape index (κ2) is 7.95. The van der Waals surface area contributed by atoms with E-state index in [1.807, 2.05) is 0 Å². The molecule has 0 radical (unpaired) electrons. The molecule has 11 heteroatoms. The number of hydrogen-bond acceptors (Lipinski definition) is 4. The summed E-state index contributed by atoms with van der Waals surface area (Å²) in [6.45, 7) is 3.65. The molecule has 1 atom stereocenters. The van der Waals surface area contributed by atoms with Gasteiger partial charge in [0, 0.05) is 38.1 Å². The molecule has 184 valence electrons. The van der Waals surface area contributed by atoms with Crippen molar-refractivity contribution in [2.75, 3.05) is 6.54 Å². The van der Waals surface area contributed by atoms with E-state index in [-0.39, 0.29) is 30.3 Å². The van der Waals surface area contributed by atoms with E-state index in [1.54, 1.807) is 43.8 Å². The Balaban J connectivity index is 1.58. The van der Waals surface area contributed by atoms with E-state index in [0.29, 0.717) is 39.1 Å². The number of aryl methyl sites for hydroxylation is 3. The van der Waals surface area contributed by atoms with Gasteiger partial charge in [-0.15, -0.1) is 0 Å². The quantitative estimate of drug-likeness (QED) is 0.416. The maximum Gasteiger partial charge on any atom is 0.338 e. The Bertz CT molecular complexity index is 1700. The highest BCUT2D eigenvalue weighted by atomic mass is 19.1. The molecule has 36 heavy (non-hydrogen) atoms. The third kappa shape index (κ3) is 3.15. The molecule has 0 bridgehead atoms. The van der Waals surface area contributed by atoms with Crippen molar-refractivity contribution in [3.63, 3.8) is 0 Å². The van der Waals surface area contributed by atoms with Crippen LogP contribution < -0.4 is 11.0 Å². The van der Waals surface area contributed by atoms with Crippen LogP contribution in [-0.2, 0) is 13.6 Å². The second-order valence-corrected chi connectivity index (χ2v) is 9.01. The molecular formula is C25H22F3N7O. The van der Waals surface area contributed by atoms with Gasteiger partial charge in [0.1, 0.15) is 17.3 Å². The molecule has 3 aromatic heterocycles. The lowest BCUT2D eigenvalue weighted by atomic mass is 10.1. The van der Waals surface area contributed by atoms with Crippen LogP contribution in [0, 0.1) is 25.5 Å². The maximum absolute atomic E-state index is 15.4. The fourth-order valence-corrected chi connectivity index (χ4v) is 4.86. The van der Waals surface area contributed by atoms with Crippen molar-refractivity contribution < 1.29 is 13.2 Å². The minimum atomic E-state index is -1.38. The van der Waals surface area contributed by atoms with Gasteiger partial charge in [0.2, 0.25) is 0 Å². The van der Waals surface area contributed by atoms with Gasteiger partial charge < -0.3 is 5.32 Å². The summed E-state index contributed by atoms with van der Waals surface area (Å²) in [4.78, 5) is 13.6. The van der Waals surface area contributed by atoms with E-state index in [9.17, 15) is 13.6 Å². The number of nitrogens with zero attached hydrogens (tertiary/aromatic N) is 6. The van der Waals surface area contributed by atoms with Crippen LogP contribution in [0.2, 0.25) is 0 Å². The van der Waals surface area contributed by atoms with E-state index in [4.69, 9.17) is 0 Å². The first kappa shape index (κ1) is 22.4. The summed E-state index contributed by atoms with van der Waals surface area (Å²) in [7, 11) is 1.71. The van der Waals surface area contributed by atoms with Crippen LogP contribution in [0.5, 0.6) is 0 Å². The van der Waals surface area contributed by atoms with Crippen LogP contribution in [-0.4, -0.2) is 35.2 Å². The largest absolute Gasteiger partial charge is 0.338 e. The summed E-state index contributed by atoms with van der Waals surface area (Å²) in [5.41, 5.74) is 2.12. The zero-order valence-corrected chi connectivity index (χ0v) is 19.8. The highest BCUT2D eigenvalue weighted by Crippen LogP contribution is 2.32. The van der Waals surface area contributed by atoms with Gasteiger partial charge in [0.25, 0.3) is 0 Å². The zero-order chi connectivity index (χ0) is 25.3. The minimum absolute atomic E-state index is 0.0640. The first-order valence-corrected chi connectivity index (χ1v) is 11.4. The van der Waals surface area contributed by atoms with Gasteiger partial charge in [-0.1, -0.05) is 0 Å². The summed E-state index contributed by atoms with van der Waals surface area (Å²) in [5, 5.41) is 11.9. The number of fused-ring (bicyclic) bond motifs is 2. The third-order valence-corrected chi connectivity index (χ3v) is 6.69. The summed E-state index contributed by atoms with van der Waals surface area (Å²) < 4.78 is 50.1. The van der Waals surface area contributed by atoms with Gasteiger partial charge in [0.15, 0.2) is 12.0 Å². The summed E-state index contributed by atoms with van der Waals surface area (Å²) >= 11 is 0. The molecule has 1 aliphatic heterocycles. The van der Waals surface area contributed by atoms with Crippen LogP contribution in [0.1, 0.15) is 28.6 Å². The fraction of sp³-hybridized carbons (Fsp3) is 0.240. The number of nitrogens with one attached hydrogen (secondary N) is 1. The van der Waals surface area contributed by atoms with Crippen LogP contribution in [0.4, 0.5) is 13.2 Å². The lowest BCUT2D eigenvalue weighted by Crippen LogP contribution is -2.28. The Morgan fingerprint density at radius 3 is 2.53 bits per heavy atom. The Labute approximate surface area is 203 Å². The molecule has 2 aromatic carbocycles. The first-order valence-electron chi connectivity index (χ1n) is 11.4. The van der Waals surface area contributed by atoms with Crippen molar-refractivity contribution in [1.82, 2.24) is 34.0 Å². The number of hydrogen-bond donors (Lipinski definition) is 1. The Kier molecular flexibility index (Phi) is 4.94. The molecule has 0 spiro atoms. The van der Waals surface area contributed by atoms with Gasteiger partial charge in [-0.2, -0.15) is 10.2 Å². The molecule has 0 saturated heterocycles. The zero-order valence-electron chi connectivity index (χ0n) is 19.8. The average Bonchev–Trinajstić information content (AvgIpc) is 3.53. The van der Waals surface area contributed by atoms with Crippen molar-refractivity contribution in [3.05, 3.63) is 87.4 Å². The molecule has 1 aliphatic rings. The SMILES string of the molecule is Cc1cc(-n2nc3c(c2-n2ccn(-c4ccc5c(cnn5C)c4F)c2=O)CNC[C@@H]3F)cc(C)c1F. The summed E-state index contributed by atoms with van der Waals surface area (Å²) in [6.07, 6.45) is 2.98. The van der Waals surface area contributed by atoms with Gasteiger partial charge in [0.05, 0.1) is 28.5 Å². The minimum Gasteiger partial charge on any atom is -0.309 e. The van der Waals surface area contributed by atoms with Crippen molar-refractivity contribution in [3.8, 4) is 17.2 Å². The second-order valence-electron chi connectivity index (χ2n) is 9.01.